The third-order valence-corrected chi connectivity index (χ3v) is 3.74. The van der Waals surface area contributed by atoms with Gasteiger partial charge in [0, 0.05) is 12.5 Å². The summed E-state index contributed by atoms with van der Waals surface area (Å²) in [5.41, 5.74) is 0. The van der Waals surface area contributed by atoms with Gasteiger partial charge in [0.15, 0.2) is 0 Å². The lowest BCUT2D eigenvalue weighted by molar-refractivity contribution is -0.123. The molecule has 91 valence electrons. The number of carbonyl (C=O) groups is 1. The number of nitrogens with one attached hydrogen (secondary N) is 2. The minimum atomic E-state index is 0.277. The van der Waals surface area contributed by atoms with Gasteiger partial charge in [0.25, 0.3) is 0 Å². The predicted molar refractivity (Wildman–Crippen MR) is 64.9 cm³/mol. The SMILES string of the molecule is O=C(CC1CCNCC1)NC1CC[CH]CC1. The Balaban J connectivity index is 1.66. The van der Waals surface area contributed by atoms with E-state index in [4.69, 9.17) is 0 Å². The van der Waals surface area contributed by atoms with Crippen molar-refractivity contribution < 1.29 is 4.79 Å². The van der Waals surface area contributed by atoms with Crippen LogP contribution in [-0.4, -0.2) is 25.0 Å². The molecule has 1 amide bonds. The largest absolute Gasteiger partial charge is 0.353 e. The van der Waals surface area contributed by atoms with Crippen molar-refractivity contribution in [3.8, 4) is 0 Å². The van der Waals surface area contributed by atoms with Crippen molar-refractivity contribution in [2.45, 2.75) is 51.0 Å². The fourth-order valence-electron chi connectivity index (χ4n) is 2.71. The fraction of sp³-hybridized carbons (Fsp3) is 0.846. The van der Waals surface area contributed by atoms with Crippen LogP contribution in [-0.2, 0) is 4.79 Å². The number of carbonyl (C=O) groups excluding carboxylic acids is 1. The van der Waals surface area contributed by atoms with Crippen molar-refractivity contribution in [3.63, 3.8) is 0 Å². The molecule has 3 nitrogen and oxygen atoms in total. The molecular formula is C13H23N2O. The number of rotatable bonds is 3. The quantitative estimate of drug-likeness (QED) is 0.763. The number of hydrogen-bond donors (Lipinski definition) is 2. The van der Waals surface area contributed by atoms with Gasteiger partial charge in [0.05, 0.1) is 0 Å². The summed E-state index contributed by atoms with van der Waals surface area (Å²) in [6.07, 6.45) is 9.99. The molecule has 1 aliphatic heterocycles. The van der Waals surface area contributed by atoms with Crippen LogP contribution < -0.4 is 10.6 Å². The lowest BCUT2D eigenvalue weighted by Crippen LogP contribution is -2.38. The van der Waals surface area contributed by atoms with Crippen LogP contribution in [0.25, 0.3) is 0 Å². The molecular weight excluding hydrogens is 200 g/mol. The molecule has 2 aliphatic rings. The highest BCUT2D eigenvalue weighted by Gasteiger charge is 2.20. The number of piperidine rings is 1. The third kappa shape index (κ3) is 3.78. The van der Waals surface area contributed by atoms with Gasteiger partial charge in [-0.1, -0.05) is 0 Å². The molecule has 2 fully saturated rings. The van der Waals surface area contributed by atoms with Gasteiger partial charge >= 0.3 is 0 Å². The van der Waals surface area contributed by atoms with Gasteiger partial charge in [-0.2, -0.15) is 0 Å². The normalized spacial score (nSPS) is 24.2. The Labute approximate surface area is 98.4 Å². The van der Waals surface area contributed by atoms with Crippen LogP contribution in [0, 0.1) is 12.3 Å². The maximum Gasteiger partial charge on any atom is 0.220 e. The number of amides is 1. The lowest BCUT2D eigenvalue weighted by Gasteiger charge is -2.25. The van der Waals surface area contributed by atoms with Crippen LogP contribution in [0.3, 0.4) is 0 Å². The predicted octanol–water partition coefficient (Wildman–Crippen LogP) is 1.64. The molecule has 0 spiro atoms. The molecule has 16 heavy (non-hydrogen) atoms. The van der Waals surface area contributed by atoms with Crippen LogP contribution in [0.1, 0.15) is 44.9 Å². The Morgan fingerprint density at radius 2 is 1.88 bits per heavy atom. The molecule has 3 heteroatoms. The summed E-state index contributed by atoms with van der Waals surface area (Å²) >= 11 is 0. The second-order valence-electron chi connectivity index (χ2n) is 5.11. The van der Waals surface area contributed by atoms with Gasteiger partial charge in [-0.25, -0.2) is 0 Å². The highest BCUT2D eigenvalue weighted by atomic mass is 16.1. The summed E-state index contributed by atoms with van der Waals surface area (Å²) in [5.74, 6) is 0.884. The summed E-state index contributed by atoms with van der Waals surface area (Å²) in [6, 6.07) is 0.444. The van der Waals surface area contributed by atoms with Crippen molar-refractivity contribution in [3.05, 3.63) is 6.42 Å². The van der Waals surface area contributed by atoms with E-state index in [2.05, 4.69) is 17.1 Å². The molecule has 0 aromatic rings. The summed E-state index contributed by atoms with van der Waals surface area (Å²) in [4.78, 5) is 11.8. The van der Waals surface area contributed by atoms with Gasteiger partial charge < -0.3 is 10.6 Å². The zero-order valence-corrected chi connectivity index (χ0v) is 10.0. The van der Waals surface area contributed by atoms with E-state index in [1.807, 2.05) is 0 Å². The Hall–Kier alpha value is -0.570. The van der Waals surface area contributed by atoms with E-state index in [1.165, 1.54) is 0 Å². The van der Waals surface area contributed by atoms with E-state index in [0.29, 0.717) is 12.0 Å². The van der Waals surface area contributed by atoms with E-state index in [1.54, 1.807) is 0 Å². The molecule has 0 aromatic carbocycles. The Morgan fingerprint density at radius 1 is 1.19 bits per heavy atom. The molecule has 0 atom stereocenters. The van der Waals surface area contributed by atoms with E-state index in [-0.39, 0.29) is 5.91 Å². The minimum absolute atomic E-state index is 0.277. The first-order valence-electron chi connectivity index (χ1n) is 6.66. The standard InChI is InChI=1S/C13H23N2O/c16-13(10-11-6-8-14-9-7-11)15-12-4-2-1-3-5-12/h1,11-12,14H,2-10H2,(H,15,16). The van der Waals surface area contributed by atoms with Crippen LogP contribution in [0.5, 0.6) is 0 Å². The third-order valence-electron chi connectivity index (χ3n) is 3.74. The van der Waals surface area contributed by atoms with Gasteiger partial charge in [0.2, 0.25) is 5.91 Å². The van der Waals surface area contributed by atoms with E-state index < -0.39 is 0 Å². The number of hydrogen-bond acceptors (Lipinski definition) is 2. The van der Waals surface area contributed by atoms with Crippen LogP contribution in [0.4, 0.5) is 0 Å². The van der Waals surface area contributed by atoms with Gasteiger partial charge in [-0.15, -0.1) is 0 Å². The van der Waals surface area contributed by atoms with Gasteiger partial charge in [-0.3, -0.25) is 4.79 Å². The molecule has 1 saturated heterocycles. The zero-order valence-electron chi connectivity index (χ0n) is 10.0. The van der Waals surface area contributed by atoms with Crippen molar-refractivity contribution in [2.75, 3.05) is 13.1 Å². The molecule has 2 rings (SSSR count). The monoisotopic (exact) mass is 223 g/mol. The average Bonchev–Trinajstić information content (AvgIpc) is 2.31. The topological polar surface area (TPSA) is 41.1 Å². The minimum Gasteiger partial charge on any atom is -0.353 e. The van der Waals surface area contributed by atoms with E-state index in [9.17, 15) is 4.79 Å². The molecule has 1 saturated carbocycles. The van der Waals surface area contributed by atoms with Crippen LogP contribution >= 0.6 is 0 Å². The van der Waals surface area contributed by atoms with Crippen molar-refractivity contribution in [1.82, 2.24) is 10.6 Å². The second kappa shape index (κ2) is 6.24. The summed E-state index contributed by atoms with van der Waals surface area (Å²) in [6.45, 7) is 2.16. The summed E-state index contributed by atoms with van der Waals surface area (Å²) in [5, 5.41) is 6.52. The molecule has 0 aromatic heterocycles. The Kier molecular flexibility index (Phi) is 4.64. The van der Waals surface area contributed by atoms with Crippen molar-refractivity contribution in [2.24, 2.45) is 5.92 Å². The zero-order chi connectivity index (χ0) is 11.2. The fourth-order valence-corrected chi connectivity index (χ4v) is 2.71. The summed E-state index contributed by atoms with van der Waals surface area (Å²) in [7, 11) is 0. The highest BCUT2D eigenvalue weighted by Crippen LogP contribution is 2.19. The molecule has 1 heterocycles. The average molecular weight is 223 g/mol. The molecule has 0 unspecified atom stereocenters. The molecule has 1 aliphatic carbocycles. The Morgan fingerprint density at radius 3 is 2.56 bits per heavy atom. The van der Waals surface area contributed by atoms with E-state index in [0.717, 1.165) is 58.0 Å². The van der Waals surface area contributed by atoms with Crippen molar-refractivity contribution in [1.29, 1.82) is 0 Å². The first kappa shape index (κ1) is 11.9. The lowest BCUT2D eigenvalue weighted by atomic mass is 9.92. The van der Waals surface area contributed by atoms with Crippen molar-refractivity contribution >= 4 is 5.91 Å². The Bertz CT molecular complexity index is 196. The van der Waals surface area contributed by atoms with Crippen LogP contribution in [0.2, 0.25) is 0 Å². The first-order valence-corrected chi connectivity index (χ1v) is 6.66. The maximum absolute atomic E-state index is 11.8. The molecule has 2 N–H and O–H groups in total. The first-order chi connectivity index (χ1) is 7.84. The summed E-state index contributed by atoms with van der Waals surface area (Å²) < 4.78 is 0. The van der Waals surface area contributed by atoms with E-state index >= 15 is 0 Å². The second-order valence-corrected chi connectivity index (χ2v) is 5.11. The maximum atomic E-state index is 11.8. The van der Waals surface area contributed by atoms with Gasteiger partial charge in [0.1, 0.15) is 0 Å². The van der Waals surface area contributed by atoms with Crippen LogP contribution in [0.15, 0.2) is 0 Å². The molecule has 0 bridgehead atoms. The smallest absolute Gasteiger partial charge is 0.220 e. The molecule has 1 radical (unpaired) electrons. The highest BCUT2D eigenvalue weighted by molar-refractivity contribution is 5.76. The van der Waals surface area contributed by atoms with Gasteiger partial charge in [-0.05, 0) is 64.0 Å².